The molecule has 0 fully saturated rings. The Hall–Kier alpha value is -2.77. The third-order valence-corrected chi connectivity index (χ3v) is 2.88. The molecule has 0 unspecified atom stereocenters. The van der Waals surface area contributed by atoms with E-state index in [-0.39, 0.29) is 5.92 Å². The molecule has 2 rings (SSSR count). The Balaban J connectivity index is 2.20. The predicted octanol–water partition coefficient (Wildman–Crippen LogP) is 0.501. The first-order chi connectivity index (χ1) is 9.99. The molecule has 1 amide bonds. The van der Waals surface area contributed by atoms with Gasteiger partial charge in [0.05, 0.1) is 0 Å². The van der Waals surface area contributed by atoms with Crippen LogP contribution in [0.25, 0.3) is 5.82 Å². The monoisotopic (exact) mass is 289 g/mol. The number of carboxylic acid groups (broad SMARTS) is 1. The maximum absolute atomic E-state index is 12.1. The van der Waals surface area contributed by atoms with Gasteiger partial charge < -0.3 is 10.4 Å². The lowest BCUT2D eigenvalue weighted by molar-refractivity contribution is -0.140. The lowest BCUT2D eigenvalue weighted by atomic mass is 10.0. The van der Waals surface area contributed by atoms with Gasteiger partial charge in [-0.05, 0) is 18.1 Å². The van der Waals surface area contributed by atoms with E-state index in [1.165, 1.54) is 35.7 Å². The number of carbonyl (C=O) groups excluding carboxylic acids is 1. The van der Waals surface area contributed by atoms with Gasteiger partial charge in [0.2, 0.25) is 0 Å². The molecule has 0 bridgehead atoms. The van der Waals surface area contributed by atoms with Gasteiger partial charge in [-0.3, -0.25) is 4.79 Å². The Morgan fingerprint density at radius 1 is 1.38 bits per heavy atom. The summed E-state index contributed by atoms with van der Waals surface area (Å²) in [5, 5.41) is 15.5. The third-order valence-electron chi connectivity index (χ3n) is 2.88. The molecule has 0 aromatic carbocycles. The topological polar surface area (TPSA) is 110 Å². The first kappa shape index (κ1) is 14.6. The fourth-order valence-corrected chi connectivity index (χ4v) is 1.75. The van der Waals surface area contributed by atoms with Gasteiger partial charge in [-0.15, -0.1) is 0 Å². The second-order valence-corrected chi connectivity index (χ2v) is 4.78. The van der Waals surface area contributed by atoms with Gasteiger partial charge in [-0.1, -0.05) is 13.8 Å². The number of aromatic nitrogens is 4. The van der Waals surface area contributed by atoms with Crippen molar-refractivity contribution in [3.63, 3.8) is 0 Å². The fourth-order valence-electron chi connectivity index (χ4n) is 1.75. The second kappa shape index (κ2) is 6.12. The normalized spacial score (nSPS) is 12.1. The highest BCUT2D eigenvalue weighted by Gasteiger charge is 2.24. The van der Waals surface area contributed by atoms with Gasteiger partial charge in [-0.25, -0.2) is 19.4 Å². The van der Waals surface area contributed by atoms with Crippen molar-refractivity contribution in [2.24, 2.45) is 5.92 Å². The minimum atomic E-state index is -1.07. The van der Waals surface area contributed by atoms with Crippen molar-refractivity contribution >= 4 is 11.9 Å². The summed E-state index contributed by atoms with van der Waals surface area (Å²) in [5.41, 5.74) is 0.308. The Bertz CT molecular complexity index is 639. The molecular formula is C13H15N5O3. The Morgan fingerprint density at radius 3 is 2.71 bits per heavy atom. The number of nitrogens with zero attached hydrogens (tertiary/aromatic N) is 4. The number of amides is 1. The zero-order valence-electron chi connectivity index (χ0n) is 11.6. The third kappa shape index (κ3) is 3.41. The lowest BCUT2D eigenvalue weighted by Gasteiger charge is -2.17. The number of carboxylic acids is 1. The number of hydrogen-bond acceptors (Lipinski definition) is 5. The van der Waals surface area contributed by atoms with E-state index in [9.17, 15) is 9.59 Å². The maximum atomic E-state index is 12.1. The summed E-state index contributed by atoms with van der Waals surface area (Å²) in [6, 6.07) is 2.08. The number of carbonyl (C=O) groups is 2. The smallest absolute Gasteiger partial charge is 0.326 e. The molecule has 0 aliphatic rings. The molecule has 0 aliphatic heterocycles. The highest BCUT2D eigenvalue weighted by Crippen LogP contribution is 2.08. The maximum Gasteiger partial charge on any atom is 0.326 e. The van der Waals surface area contributed by atoms with E-state index < -0.39 is 17.9 Å². The number of hydrogen-bond donors (Lipinski definition) is 2. The van der Waals surface area contributed by atoms with E-state index in [1.807, 2.05) is 0 Å². The van der Waals surface area contributed by atoms with Crippen molar-refractivity contribution in [3.05, 3.63) is 36.5 Å². The first-order valence-electron chi connectivity index (χ1n) is 6.33. The van der Waals surface area contributed by atoms with E-state index in [0.717, 1.165) is 0 Å². The second-order valence-electron chi connectivity index (χ2n) is 4.78. The number of nitrogens with one attached hydrogen (secondary N) is 1. The predicted molar refractivity (Wildman–Crippen MR) is 72.9 cm³/mol. The largest absolute Gasteiger partial charge is 0.480 e. The highest BCUT2D eigenvalue weighted by atomic mass is 16.4. The zero-order valence-corrected chi connectivity index (χ0v) is 11.6. The number of pyridine rings is 1. The van der Waals surface area contributed by atoms with E-state index >= 15 is 0 Å². The summed E-state index contributed by atoms with van der Waals surface area (Å²) in [4.78, 5) is 31.1. The zero-order chi connectivity index (χ0) is 15.4. The fraction of sp³-hybridized carbons (Fsp3) is 0.308. The molecule has 8 heteroatoms. The number of aliphatic carboxylic acids is 1. The Kier molecular flexibility index (Phi) is 4.27. The minimum absolute atomic E-state index is 0.219. The van der Waals surface area contributed by atoms with Crippen LogP contribution in [-0.4, -0.2) is 42.8 Å². The van der Waals surface area contributed by atoms with Crippen LogP contribution in [0.2, 0.25) is 0 Å². The molecule has 110 valence electrons. The summed E-state index contributed by atoms with van der Waals surface area (Å²) in [6.45, 7) is 3.46. The van der Waals surface area contributed by atoms with Crippen LogP contribution in [0.1, 0.15) is 24.2 Å². The molecule has 2 heterocycles. The molecule has 8 nitrogen and oxygen atoms in total. The van der Waals surface area contributed by atoms with Gasteiger partial charge in [0.15, 0.2) is 5.82 Å². The average molecular weight is 289 g/mol. The van der Waals surface area contributed by atoms with Crippen LogP contribution in [-0.2, 0) is 4.79 Å². The molecule has 21 heavy (non-hydrogen) atoms. The van der Waals surface area contributed by atoms with E-state index in [2.05, 4.69) is 20.4 Å². The summed E-state index contributed by atoms with van der Waals surface area (Å²) in [7, 11) is 0. The highest BCUT2D eigenvalue weighted by molar-refractivity contribution is 5.96. The van der Waals surface area contributed by atoms with Gasteiger partial charge in [0, 0.05) is 11.8 Å². The summed E-state index contributed by atoms with van der Waals surface area (Å²) >= 11 is 0. The van der Waals surface area contributed by atoms with Gasteiger partial charge >= 0.3 is 5.97 Å². The minimum Gasteiger partial charge on any atom is -0.480 e. The Labute approximate surface area is 120 Å². The molecule has 2 aromatic rings. The van der Waals surface area contributed by atoms with Crippen molar-refractivity contribution < 1.29 is 14.7 Å². The van der Waals surface area contributed by atoms with Gasteiger partial charge in [-0.2, -0.15) is 5.10 Å². The molecular weight excluding hydrogens is 274 g/mol. The van der Waals surface area contributed by atoms with Crippen molar-refractivity contribution in [1.29, 1.82) is 0 Å². The molecule has 2 N–H and O–H groups in total. The summed E-state index contributed by atoms with van der Waals surface area (Å²) < 4.78 is 1.41. The van der Waals surface area contributed by atoms with Crippen molar-refractivity contribution in [2.45, 2.75) is 19.9 Å². The quantitative estimate of drug-likeness (QED) is 0.829. The van der Waals surface area contributed by atoms with Crippen LogP contribution in [0.4, 0.5) is 0 Å². The Morgan fingerprint density at radius 2 is 2.14 bits per heavy atom. The standard InChI is InChI=1S/C13H15N5O3/c1-8(2)11(13(20)21)17-12(19)9-3-4-15-10(5-9)18-7-14-6-16-18/h3-8,11H,1-2H3,(H,17,19)(H,20,21)/t11-/m0/s1. The number of rotatable bonds is 5. The lowest BCUT2D eigenvalue weighted by Crippen LogP contribution is -2.44. The summed E-state index contributed by atoms with van der Waals surface area (Å²) in [6.07, 6.45) is 4.27. The van der Waals surface area contributed by atoms with Crippen LogP contribution in [0.5, 0.6) is 0 Å². The SMILES string of the molecule is CC(C)[C@H](NC(=O)c1ccnc(-n2cncn2)c1)C(=O)O. The molecule has 2 aromatic heterocycles. The van der Waals surface area contributed by atoms with Crippen LogP contribution in [0, 0.1) is 5.92 Å². The van der Waals surface area contributed by atoms with Crippen LogP contribution >= 0.6 is 0 Å². The van der Waals surface area contributed by atoms with Crippen LogP contribution in [0.15, 0.2) is 31.0 Å². The van der Waals surface area contributed by atoms with Gasteiger partial charge in [0.25, 0.3) is 5.91 Å². The molecule has 0 saturated carbocycles. The first-order valence-corrected chi connectivity index (χ1v) is 6.33. The molecule has 0 spiro atoms. The molecule has 0 aliphatic carbocycles. The van der Waals surface area contributed by atoms with E-state index in [1.54, 1.807) is 13.8 Å². The van der Waals surface area contributed by atoms with E-state index in [0.29, 0.717) is 11.4 Å². The molecule has 1 atom stereocenters. The molecule has 0 radical (unpaired) electrons. The van der Waals surface area contributed by atoms with Crippen molar-refractivity contribution in [2.75, 3.05) is 0 Å². The van der Waals surface area contributed by atoms with Crippen LogP contribution < -0.4 is 5.32 Å². The average Bonchev–Trinajstić information content (AvgIpc) is 2.98. The van der Waals surface area contributed by atoms with Crippen molar-refractivity contribution in [1.82, 2.24) is 25.1 Å². The van der Waals surface area contributed by atoms with Crippen molar-refractivity contribution in [3.8, 4) is 5.82 Å². The van der Waals surface area contributed by atoms with Gasteiger partial charge in [0.1, 0.15) is 18.7 Å². The summed E-state index contributed by atoms with van der Waals surface area (Å²) in [5.74, 6) is -1.33. The van der Waals surface area contributed by atoms with E-state index in [4.69, 9.17) is 5.11 Å². The molecule has 0 saturated heterocycles. The van der Waals surface area contributed by atoms with Crippen LogP contribution in [0.3, 0.4) is 0 Å².